The monoisotopic (exact) mass is 567 g/mol. The SMILES string of the molecule is COC(=O)[C@@H](c1ccccc1)N1CCN(C(=O)c2cnn3c(C(F)(F)F)c(C)c(-c4ccc(OC)cc4)nc23)CC1. The van der Waals surface area contributed by atoms with E-state index in [-0.39, 0.29) is 35.6 Å². The fourth-order valence-electron chi connectivity index (χ4n) is 5.18. The molecule has 1 amide bonds. The van der Waals surface area contributed by atoms with Gasteiger partial charge in [0.2, 0.25) is 0 Å². The first kappa shape index (κ1) is 28.1. The molecule has 5 rings (SSSR count). The highest BCUT2D eigenvalue weighted by Gasteiger charge is 2.39. The highest BCUT2D eigenvalue weighted by molar-refractivity contribution is 6.00. The predicted octanol–water partition coefficient (Wildman–Crippen LogP) is 4.40. The third-order valence-electron chi connectivity index (χ3n) is 7.25. The number of nitrogens with zero attached hydrogens (tertiary/aromatic N) is 5. The molecule has 2 aromatic heterocycles. The van der Waals surface area contributed by atoms with Gasteiger partial charge >= 0.3 is 12.1 Å². The van der Waals surface area contributed by atoms with E-state index in [4.69, 9.17) is 9.47 Å². The molecule has 0 radical (unpaired) electrons. The molecular weight excluding hydrogens is 539 g/mol. The van der Waals surface area contributed by atoms with Crippen LogP contribution in [-0.4, -0.2) is 76.7 Å². The van der Waals surface area contributed by atoms with Gasteiger partial charge in [-0.3, -0.25) is 9.69 Å². The molecule has 0 aliphatic carbocycles. The molecular formula is C29H28F3N5O4. The van der Waals surface area contributed by atoms with E-state index in [2.05, 4.69) is 10.1 Å². The molecule has 0 unspecified atom stereocenters. The standard InChI is InChI=1S/C29H28F3N5O4/c1-18-23(19-9-11-21(40-2)12-10-19)34-26-22(17-33-37(26)25(18)29(30,31)32)27(38)36-15-13-35(14-16-36)24(28(39)41-3)20-7-5-4-6-8-20/h4-12,17,24H,13-16H2,1-3H3/t24-/m1/s1. The number of carbonyl (C=O) groups is 2. The van der Waals surface area contributed by atoms with Gasteiger partial charge in [-0.1, -0.05) is 30.3 Å². The van der Waals surface area contributed by atoms with Gasteiger partial charge in [-0.15, -0.1) is 0 Å². The number of alkyl halides is 3. The van der Waals surface area contributed by atoms with E-state index in [1.54, 1.807) is 24.3 Å². The van der Waals surface area contributed by atoms with Crippen molar-refractivity contribution in [1.29, 1.82) is 0 Å². The van der Waals surface area contributed by atoms with Crippen LogP contribution in [0.5, 0.6) is 5.75 Å². The van der Waals surface area contributed by atoms with Crippen molar-refractivity contribution in [2.24, 2.45) is 0 Å². The van der Waals surface area contributed by atoms with Gasteiger partial charge in [0.05, 0.1) is 26.1 Å². The topological polar surface area (TPSA) is 89.3 Å². The maximum absolute atomic E-state index is 14.3. The highest BCUT2D eigenvalue weighted by atomic mass is 19.4. The van der Waals surface area contributed by atoms with E-state index < -0.39 is 29.8 Å². The molecule has 3 heterocycles. The number of aromatic nitrogens is 3. The zero-order valence-corrected chi connectivity index (χ0v) is 22.7. The Bertz CT molecular complexity index is 1560. The number of rotatable bonds is 6. The first-order valence-electron chi connectivity index (χ1n) is 12.9. The first-order valence-corrected chi connectivity index (χ1v) is 12.9. The second kappa shape index (κ2) is 11.2. The largest absolute Gasteiger partial charge is 0.497 e. The van der Waals surface area contributed by atoms with Gasteiger partial charge in [0, 0.05) is 37.3 Å². The van der Waals surface area contributed by atoms with Crippen molar-refractivity contribution in [3.63, 3.8) is 0 Å². The summed E-state index contributed by atoms with van der Waals surface area (Å²) in [5, 5.41) is 3.94. The summed E-state index contributed by atoms with van der Waals surface area (Å²) in [6, 6.07) is 15.1. The molecule has 0 bridgehead atoms. The van der Waals surface area contributed by atoms with Crippen molar-refractivity contribution in [3.05, 3.63) is 83.2 Å². The molecule has 1 fully saturated rings. The zero-order valence-electron chi connectivity index (χ0n) is 22.7. The summed E-state index contributed by atoms with van der Waals surface area (Å²) in [5.41, 5.74) is -0.0206. The third kappa shape index (κ3) is 5.34. The Kier molecular flexibility index (Phi) is 7.68. The van der Waals surface area contributed by atoms with Crippen molar-refractivity contribution < 1.29 is 32.2 Å². The minimum Gasteiger partial charge on any atom is -0.497 e. The van der Waals surface area contributed by atoms with Crippen LogP contribution in [0.1, 0.15) is 33.2 Å². The molecule has 0 saturated carbocycles. The molecule has 41 heavy (non-hydrogen) atoms. The number of ether oxygens (including phenoxy) is 2. The van der Waals surface area contributed by atoms with Crippen LogP contribution in [0.15, 0.2) is 60.8 Å². The maximum atomic E-state index is 14.3. The molecule has 12 heteroatoms. The Hall–Kier alpha value is -4.45. The average Bonchev–Trinajstić information content (AvgIpc) is 3.39. The number of methoxy groups -OCH3 is 2. The van der Waals surface area contributed by atoms with Crippen molar-refractivity contribution in [3.8, 4) is 17.0 Å². The van der Waals surface area contributed by atoms with Crippen LogP contribution in [0.2, 0.25) is 0 Å². The quantitative estimate of drug-likeness (QED) is 0.319. The number of esters is 1. The van der Waals surface area contributed by atoms with E-state index in [0.717, 1.165) is 11.8 Å². The minimum atomic E-state index is -4.75. The summed E-state index contributed by atoms with van der Waals surface area (Å²) in [6.45, 7) is 2.55. The maximum Gasteiger partial charge on any atom is 0.433 e. The number of hydrogen-bond donors (Lipinski definition) is 0. The van der Waals surface area contributed by atoms with Crippen LogP contribution in [0.3, 0.4) is 0 Å². The van der Waals surface area contributed by atoms with Gasteiger partial charge in [0.15, 0.2) is 11.3 Å². The summed E-state index contributed by atoms with van der Waals surface area (Å²) >= 11 is 0. The van der Waals surface area contributed by atoms with Crippen LogP contribution < -0.4 is 4.74 Å². The number of benzene rings is 2. The number of hydrogen-bond acceptors (Lipinski definition) is 7. The highest BCUT2D eigenvalue weighted by Crippen LogP contribution is 2.37. The lowest BCUT2D eigenvalue weighted by atomic mass is 10.0. The molecule has 1 aliphatic rings. The molecule has 2 aromatic carbocycles. The smallest absolute Gasteiger partial charge is 0.433 e. The Morgan fingerprint density at radius 2 is 1.61 bits per heavy atom. The molecule has 0 spiro atoms. The van der Waals surface area contributed by atoms with Crippen molar-refractivity contribution >= 4 is 17.5 Å². The Labute approximate surface area is 234 Å². The molecule has 1 aliphatic heterocycles. The van der Waals surface area contributed by atoms with E-state index in [0.29, 0.717) is 28.9 Å². The second-order valence-electron chi connectivity index (χ2n) is 9.62. The number of fused-ring (bicyclic) bond motifs is 1. The van der Waals surface area contributed by atoms with Crippen LogP contribution in [0, 0.1) is 6.92 Å². The fraction of sp³-hybridized carbons (Fsp3) is 0.310. The summed E-state index contributed by atoms with van der Waals surface area (Å²) in [6.07, 6.45) is -3.62. The van der Waals surface area contributed by atoms with E-state index >= 15 is 0 Å². The third-order valence-corrected chi connectivity index (χ3v) is 7.25. The van der Waals surface area contributed by atoms with Crippen LogP contribution in [-0.2, 0) is 15.7 Å². The summed E-state index contributed by atoms with van der Waals surface area (Å²) in [5.74, 6) is -0.354. The Morgan fingerprint density at radius 1 is 0.951 bits per heavy atom. The van der Waals surface area contributed by atoms with Gasteiger partial charge in [0.25, 0.3) is 5.91 Å². The van der Waals surface area contributed by atoms with E-state index in [1.165, 1.54) is 26.0 Å². The van der Waals surface area contributed by atoms with Gasteiger partial charge in [-0.25, -0.2) is 14.3 Å². The average molecular weight is 568 g/mol. The number of amides is 1. The molecule has 1 atom stereocenters. The summed E-state index contributed by atoms with van der Waals surface area (Å²) < 4.78 is 53.7. The second-order valence-corrected chi connectivity index (χ2v) is 9.62. The number of piperazine rings is 1. The first-order chi connectivity index (χ1) is 19.6. The summed E-state index contributed by atoms with van der Waals surface area (Å²) in [7, 11) is 2.82. The molecule has 0 N–H and O–H groups in total. The van der Waals surface area contributed by atoms with Crippen molar-refractivity contribution in [2.75, 3.05) is 40.4 Å². The lowest BCUT2D eigenvalue weighted by Gasteiger charge is -2.38. The molecule has 9 nitrogen and oxygen atoms in total. The normalized spacial score (nSPS) is 15.1. The molecule has 1 saturated heterocycles. The van der Waals surface area contributed by atoms with Crippen molar-refractivity contribution in [1.82, 2.24) is 24.4 Å². The molecule has 214 valence electrons. The Morgan fingerprint density at radius 3 is 2.20 bits per heavy atom. The molecule has 4 aromatic rings. The van der Waals surface area contributed by atoms with Crippen molar-refractivity contribution in [2.45, 2.75) is 19.1 Å². The lowest BCUT2D eigenvalue weighted by Crippen LogP contribution is -2.51. The van der Waals surface area contributed by atoms with Crippen LogP contribution in [0.4, 0.5) is 13.2 Å². The summed E-state index contributed by atoms with van der Waals surface area (Å²) in [4.78, 5) is 34.2. The lowest BCUT2D eigenvalue weighted by molar-refractivity contribution is -0.148. The van der Waals surface area contributed by atoms with Crippen LogP contribution >= 0.6 is 0 Å². The number of halogens is 3. The van der Waals surface area contributed by atoms with E-state index in [1.807, 2.05) is 35.2 Å². The predicted molar refractivity (Wildman–Crippen MR) is 143 cm³/mol. The van der Waals surface area contributed by atoms with Gasteiger partial charge in [-0.2, -0.15) is 18.3 Å². The number of carbonyl (C=O) groups excluding carboxylic acids is 2. The van der Waals surface area contributed by atoms with Crippen LogP contribution in [0.25, 0.3) is 16.9 Å². The van der Waals surface area contributed by atoms with Gasteiger partial charge < -0.3 is 14.4 Å². The van der Waals surface area contributed by atoms with Gasteiger partial charge in [-0.05, 0) is 36.8 Å². The van der Waals surface area contributed by atoms with Gasteiger partial charge in [0.1, 0.15) is 17.4 Å². The van der Waals surface area contributed by atoms with E-state index in [9.17, 15) is 22.8 Å². The Balaban J connectivity index is 1.46. The zero-order chi connectivity index (χ0) is 29.3. The minimum absolute atomic E-state index is 0.0358. The fourth-order valence-corrected chi connectivity index (χ4v) is 5.18.